The molecule has 0 spiro atoms. The first kappa shape index (κ1) is 31.1. The summed E-state index contributed by atoms with van der Waals surface area (Å²) in [5.74, 6) is -0.510. The molecule has 1 amide bonds. The van der Waals surface area contributed by atoms with Gasteiger partial charge in [0.05, 0.1) is 18.2 Å². The van der Waals surface area contributed by atoms with E-state index in [1.807, 2.05) is 6.92 Å². The van der Waals surface area contributed by atoms with Crippen molar-refractivity contribution in [2.45, 2.75) is 23.1 Å². The van der Waals surface area contributed by atoms with Crippen molar-refractivity contribution >= 4 is 45.7 Å². The van der Waals surface area contributed by atoms with E-state index in [-0.39, 0.29) is 34.4 Å². The van der Waals surface area contributed by atoms with Gasteiger partial charge in [-0.15, -0.1) is 10.2 Å². The molecule has 1 fully saturated rings. The summed E-state index contributed by atoms with van der Waals surface area (Å²) in [6.45, 7) is 6.78. The lowest BCUT2D eigenvalue weighted by Crippen LogP contribution is -2.29. The molecule has 46 heavy (non-hydrogen) atoms. The number of hydrogen-bond acceptors (Lipinski definition) is 11. The summed E-state index contributed by atoms with van der Waals surface area (Å²) < 4.78 is 37.6. The number of nitrogens with zero attached hydrogens (tertiary/aromatic N) is 3. The molecular formula is C33H28FN3O7S2. The van der Waals surface area contributed by atoms with Crippen LogP contribution in [0.3, 0.4) is 0 Å². The van der Waals surface area contributed by atoms with E-state index in [0.29, 0.717) is 58.3 Å². The smallest absolute Gasteiger partial charge is 0.301 e. The Morgan fingerprint density at radius 3 is 2.67 bits per heavy atom. The Hall–Kier alpha value is -4.88. The number of aromatic nitrogens is 2. The minimum absolute atomic E-state index is 0.134. The van der Waals surface area contributed by atoms with E-state index in [1.54, 1.807) is 60.7 Å². The lowest BCUT2D eigenvalue weighted by Gasteiger charge is -2.24. The van der Waals surface area contributed by atoms with Crippen molar-refractivity contribution in [3.05, 3.63) is 101 Å². The van der Waals surface area contributed by atoms with Gasteiger partial charge in [0.1, 0.15) is 31.4 Å². The fraction of sp³-hybridized carbons (Fsp3) is 0.212. The molecule has 1 unspecified atom stereocenters. The molecule has 1 N–H and O–H groups in total. The molecule has 236 valence electrons. The van der Waals surface area contributed by atoms with Crippen molar-refractivity contribution in [3.63, 3.8) is 0 Å². The largest absolute Gasteiger partial charge is 0.507 e. The molecule has 0 saturated carbocycles. The normalized spacial score (nSPS) is 16.8. The molecule has 10 nitrogen and oxygen atoms in total. The highest BCUT2D eigenvalue weighted by molar-refractivity contribution is 8.00. The lowest BCUT2D eigenvalue weighted by atomic mass is 9.95. The van der Waals surface area contributed by atoms with E-state index in [4.69, 9.17) is 18.9 Å². The van der Waals surface area contributed by atoms with Crippen LogP contribution < -0.4 is 23.8 Å². The third-order valence-corrected chi connectivity index (χ3v) is 9.22. The van der Waals surface area contributed by atoms with Gasteiger partial charge in [-0.05, 0) is 54.4 Å². The van der Waals surface area contributed by atoms with E-state index >= 15 is 0 Å². The number of aliphatic hydroxyl groups excluding tert-OH is 1. The van der Waals surface area contributed by atoms with E-state index < -0.39 is 23.5 Å². The predicted molar refractivity (Wildman–Crippen MR) is 171 cm³/mol. The molecule has 1 atom stereocenters. The molecule has 2 aliphatic rings. The van der Waals surface area contributed by atoms with Crippen molar-refractivity contribution < 1.29 is 38.0 Å². The highest BCUT2D eigenvalue weighted by Gasteiger charge is 2.48. The maximum absolute atomic E-state index is 14.2. The van der Waals surface area contributed by atoms with Crippen LogP contribution in [0.2, 0.25) is 0 Å². The molecule has 4 aromatic rings. The van der Waals surface area contributed by atoms with Gasteiger partial charge < -0.3 is 24.1 Å². The predicted octanol–water partition coefficient (Wildman–Crippen LogP) is 6.33. The van der Waals surface area contributed by atoms with E-state index in [1.165, 1.54) is 22.7 Å². The number of Topliss-reactive ketones (excluding diaryl/α,β-unsaturated/α-hetero) is 1. The number of hydrogen-bond donors (Lipinski definition) is 1. The van der Waals surface area contributed by atoms with Crippen molar-refractivity contribution in [1.82, 2.24) is 10.2 Å². The number of aliphatic hydroxyl groups is 1. The van der Waals surface area contributed by atoms with Crippen LogP contribution in [0, 0.1) is 5.82 Å². The van der Waals surface area contributed by atoms with Gasteiger partial charge in [0.2, 0.25) is 5.13 Å². The number of rotatable bonds is 11. The van der Waals surface area contributed by atoms with Crippen molar-refractivity contribution in [1.29, 1.82) is 0 Å². The summed E-state index contributed by atoms with van der Waals surface area (Å²) in [6, 6.07) is 15.1. The second-order valence-corrected chi connectivity index (χ2v) is 12.2. The van der Waals surface area contributed by atoms with Crippen LogP contribution in [0.25, 0.3) is 5.76 Å². The Morgan fingerprint density at radius 2 is 1.89 bits per heavy atom. The number of benzene rings is 3. The minimum Gasteiger partial charge on any atom is -0.507 e. The van der Waals surface area contributed by atoms with Gasteiger partial charge in [-0.2, -0.15) is 0 Å². The molecule has 1 saturated heterocycles. The number of carbonyl (C=O) groups excluding carboxylic acids is 2. The summed E-state index contributed by atoms with van der Waals surface area (Å²) in [4.78, 5) is 28.7. The van der Waals surface area contributed by atoms with Crippen LogP contribution in [0.4, 0.5) is 9.52 Å². The average Bonchev–Trinajstić information content (AvgIpc) is 3.64. The Balaban J connectivity index is 1.43. The molecule has 1 aromatic heterocycles. The second-order valence-electron chi connectivity index (χ2n) is 10.00. The Morgan fingerprint density at radius 1 is 1.09 bits per heavy atom. The summed E-state index contributed by atoms with van der Waals surface area (Å²) in [6.07, 6.45) is 1.60. The van der Waals surface area contributed by atoms with Gasteiger partial charge in [-0.1, -0.05) is 60.0 Å². The molecular weight excluding hydrogens is 634 g/mol. The van der Waals surface area contributed by atoms with Crippen LogP contribution in [0.1, 0.15) is 29.7 Å². The lowest BCUT2D eigenvalue weighted by molar-refractivity contribution is -0.132. The van der Waals surface area contributed by atoms with E-state index in [0.717, 1.165) is 11.3 Å². The third-order valence-electron chi connectivity index (χ3n) is 7.11. The SMILES string of the molecule is C=CCOc1ccc(C2C(=C(O)c3ccc4c(c3)OCCO4)C(=O)C(=O)N2c2nnc(SCc3ccccc3F)s2)cc1OCC. The first-order chi connectivity index (χ1) is 22.4. The number of amides is 1. The van der Waals surface area contributed by atoms with Gasteiger partial charge >= 0.3 is 5.91 Å². The van der Waals surface area contributed by atoms with Gasteiger partial charge in [-0.3, -0.25) is 14.5 Å². The molecule has 0 radical (unpaired) electrons. The maximum atomic E-state index is 14.2. The molecule has 0 aliphatic carbocycles. The monoisotopic (exact) mass is 661 g/mol. The van der Waals surface area contributed by atoms with Crippen LogP contribution in [0.15, 0.2) is 83.2 Å². The van der Waals surface area contributed by atoms with Gasteiger partial charge in [0.25, 0.3) is 5.78 Å². The maximum Gasteiger partial charge on any atom is 0.301 e. The van der Waals surface area contributed by atoms with Crippen molar-refractivity contribution in [2.24, 2.45) is 0 Å². The zero-order chi connectivity index (χ0) is 32.2. The van der Waals surface area contributed by atoms with Gasteiger partial charge in [0, 0.05) is 11.3 Å². The zero-order valence-corrected chi connectivity index (χ0v) is 26.2. The molecule has 13 heteroatoms. The number of halogens is 1. The van der Waals surface area contributed by atoms with Crippen LogP contribution in [-0.2, 0) is 15.3 Å². The Kier molecular flexibility index (Phi) is 9.22. The van der Waals surface area contributed by atoms with Gasteiger partial charge in [0.15, 0.2) is 27.3 Å². The first-order valence-electron chi connectivity index (χ1n) is 14.3. The summed E-state index contributed by atoms with van der Waals surface area (Å²) in [5.41, 5.74) is 1.07. The molecule has 0 bridgehead atoms. The topological polar surface area (TPSA) is 120 Å². The average molecular weight is 662 g/mol. The minimum atomic E-state index is -1.10. The highest BCUT2D eigenvalue weighted by Crippen LogP contribution is 2.46. The first-order valence-corrected chi connectivity index (χ1v) is 16.1. The number of fused-ring (bicyclic) bond motifs is 1. The molecule has 2 aliphatic heterocycles. The van der Waals surface area contributed by atoms with E-state index in [9.17, 15) is 19.1 Å². The molecule has 6 rings (SSSR count). The van der Waals surface area contributed by atoms with Gasteiger partial charge in [-0.25, -0.2) is 4.39 Å². The fourth-order valence-corrected chi connectivity index (χ4v) is 6.89. The zero-order valence-electron chi connectivity index (χ0n) is 24.6. The summed E-state index contributed by atoms with van der Waals surface area (Å²) in [7, 11) is 0. The van der Waals surface area contributed by atoms with Crippen molar-refractivity contribution in [3.8, 4) is 23.0 Å². The van der Waals surface area contributed by atoms with Crippen molar-refractivity contribution in [2.75, 3.05) is 31.3 Å². The standard InChI is InChI=1S/C33H28FN3O7S2/c1-3-13-42-23-11-9-19(16-25(23)41-4-2)28-27(29(38)20-10-12-24-26(17-20)44-15-14-43-24)30(39)31(40)37(28)32-35-36-33(46-32)45-18-21-7-5-6-8-22(21)34/h3,5-12,16-17,28,38H,1,4,13-15,18H2,2H3. The number of ether oxygens (including phenoxy) is 4. The number of carbonyl (C=O) groups is 2. The molecule has 3 heterocycles. The second kappa shape index (κ2) is 13.6. The summed E-state index contributed by atoms with van der Waals surface area (Å²) >= 11 is 2.33. The third kappa shape index (κ3) is 6.15. The number of thioether (sulfide) groups is 1. The van der Waals surface area contributed by atoms with Crippen LogP contribution in [-0.4, -0.2) is 53.4 Å². The number of ketones is 1. The quantitative estimate of drug-likeness (QED) is 0.0488. The Labute approximate surface area is 272 Å². The molecule has 3 aromatic carbocycles. The Bertz CT molecular complexity index is 1840. The van der Waals surface area contributed by atoms with Crippen LogP contribution in [0.5, 0.6) is 23.0 Å². The fourth-order valence-electron chi connectivity index (χ4n) is 5.04. The highest BCUT2D eigenvalue weighted by atomic mass is 32.2. The van der Waals surface area contributed by atoms with E-state index in [2.05, 4.69) is 16.8 Å². The number of anilines is 1. The summed E-state index contributed by atoms with van der Waals surface area (Å²) in [5, 5.41) is 20.2. The van der Waals surface area contributed by atoms with Crippen LogP contribution >= 0.6 is 23.1 Å².